The molecule has 0 radical (unpaired) electrons. The van der Waals surface area contributed by atoms with Gasteiger partial charge < -0.3 is 4.90 Å². The number of thiazole rings is 1. The minimum Gasteiger partial charge on any atom is -0.376 e. The zero-order chi connectivity index (χ0) is 26.8. The van der Waals surface area contributed by atoms with Crippen LogP contribution < -0.4 is 10.6 Å². The van der Waals surface area contributed by atoms with E-state index in [1.54, 1.807) is 23.6 Å². The first-order valence-corrected chi connectivity index (χ1v) is 12.9. The summed E-state index contributed by atoms with van der Waals surface area (Å²) in [5, 5.41) is 24.7. The maximum Gasteiger partial charge on any atom is 0.282 e. The lowest BCUT2D eigenvalue weighted by Crippen LogP contribution is -2.31. The van der Waals surface area contributed by atoms with Gasteiger partial charge in [0.1, 0.15) is 17.6 Å². The number of nitrogens with one attached hydrogen (secondary N) is 2. The van der Waals surface area contributed by atoms with Crippen LogP contribution in [-0.2, 0) is 13.1 Å². The van der Waals surface area contributed by atoms with Gasteiger partial charge in [-0.3, -0.25) is 20.7 Å². The van der Waals surface area contributed by atoms with Crippen LogP contribution in [0.4, 0.5) is 23.2 Å². The summed E-state index contributed by atoms with van der Waals surface area (Å²) in [6.45, 7) is 2.14. The summed E-state index contributed by atoms with van der Waals surface area (Å²) in [7, 11) is 0. The van der Waals surface area contributed by atoms with Crippen molar-refractivity contribution in [3.05, 3.63) is 79.2 Å². The summed E-state index contributed by atoms with van der Waals surface area (Å²) in [6.07, 6.45) is -1.59. The van der Waals surface area contributed by atoms with Gasteiger partial charge in [0.15, 0.2) is 0 Å². The van der Waals surface area contributed by atoms with Gasteiger partial charge in [-0.15, -0.1) is 11.3 Å². The number of aromatic nitrogens is 3. The van der Waals surface area contributed by atoms with E-state index in [1.807, 2.05) is 16.3 Å². The first-order valence-electron chi connectivity index (χ1n) is 12.1. The SMILES string of the molecule is O=[N+]([O-])c1cccc2c1CNC(c1csc(C3CCN(C=Cn4nc(C(F)F)cc4C(F)F)CC3)n1)NC2. The van der Waals surface area contributed by atoms with Crippen LogP contribution >= 0.6 is 11.3 Å². The Morgan fingerprint density at radius 3 is 2.58 bits per heavy atom. The van der Waals surface area contributed by atoms with Gasteiger partial charge in [-0.05, 0) is 24.5 Å². The van der Waals surface area contributed by atoms with Gasteiger partial charge >= 0.3 is 0 Å². The molecule has 1 fully saturated rings. The number of hydrogen-bond donors (Lipinski definition) is 2. The lowest BCUT2D eigenvalue weighted by molar-refractivity contribution is -0.385. The van der Waals surface area contributed by atoms with Crippen molar-refractivity contribution in [2.75, 3.05) is 13.1 Å². The van der Waals surface area contributed by atoms with Crippen LogP contribution in [-0.4, -0.2) is 37.7 Å². The van der Waals surface area contributed by atoms with Crippen LogP contribution in [0.5, 0.6) is 0 Å². The van der Waals surface area contributed by atoms with Crippen LogP contribution in [0.3, 0.4) is 0 Å². The molecule has 2 aliphatic rings. The van der Waals surface area contributed by atoms with Crippen molar-refractivity contribution >= 4 is 23.2 Å². The Morgan fingerprint density at radius 1 is 1.11 bits per heavy atom. The molecule has 1 atom stereocenters. The Kier molecular flexibility index (Phi) is 7.72. The first-order chi connectivity index (χ1) is 18.3. The Hall–Kier alpha value is -3.36. The monoisotopic (exact) mass is 551 g/mol. The molecule has 9 nitrogen and oxygen atoms in total. The third-order valence-electron chi connectivity index (χ3n) is 6.79. The molecule has 0 aliphatic carbocycles. The molecule has 1 saturated heterocycles. The number of fused-ring (bicyclic) bond motifs is 1. The summed E-state index contributed by atoms with van der Waals surface area (Å²) in [6, 6.07) is 5.81. The van der Waals surface area contributed by atoms with E-state index in [-0.39, 0.29) is 22.7 Å². The average Bonchev–Trinajstić information content (AvgIpc) is 3.51. The zero-order valence-corrected chi connectivity index (χ0v) is 20.9. The molecule has 1 aromatic carbocycles. The molecule has 2 aliphatic heterocycles. The van der Waals surface area contributed by atoms with E-state index in [2.05, 4.69) is 15.7 Å². The van der Waals surface area contributed by atoms with Crippen LogP contribution in [0.1, 0.15) is 71.0 Å². The second-order valence-corrected chi connectivity index (χ2v) is 10.0. The van der Waals surface area contributed by atoms with E-state index in [0.29, 0.717) is 31.7 Å². The number of nitrogens with zero attached hydrogens (tertiary/aromatic N) is 5. The predicted molar refractivity (Wildman–Crippen MR) is 133 cm³/mol. The molecule has 1 unspecified atom stereocenters. The fourth-order valence-corrected chi connectivity index (χ4v) is 5.77. The van der Waals surface area contributed by atoms with Crippen molar-refractivity contribution in [2.45, 2.75) is 50.9 Å². The lowest BCUT2D eigenvalue weighted by Gasteiger charge is -2.30. The molecule has 2 aromatic heterocycles. The van der Waals surface area contributed by atoms with E-state index in [4.69, 9.17) is 4.98 Å². The molecule has 3 aromatic rings. The second kappa shape index (κ2) is 11.2. The fraction of sp³-hybridized carbons (Fsp3) is 0.417. The minimum atomic E-state index is -2.92. The van der Waals surface area contributed by atoms with Crippen LogP contribution in [0, 0.1) is 10.1 Å². The number of halogens is 4. The third-order valence-corrected chi connectivity index (χ3v) is 7.81. The highest BCUT2D eigenvalue weighted by atomic mass is 32.1. The standard InChI is InChI=1S/C24H25F4N7O2S/c25-21(26)17-10-20(22(27)28)34(32-17)9-8-33-6-4-14(5-7-33)24-31-18(13-38-24)23-29-11-15-2-1-3-19(35(36)37)16(15)12-30-23/h1-3,8-10,13-14,21-23,29-30H,4-7,11-12H2. The fourth-order valence-electron chi connectivity index (χ4n) is 4.75. The highest BCUT2D eigenvalue weighted by Gasteiger charge is 2.27. The molecule has 2 N–H and O–H groups in total. The molecule has 202 valence electrons. The van der Waals surface area contributed by atoms with E-state index < -0.39 is 24.2 Å². The quantitative estimate of drug-likeness (QED) is 0.233. The maximum absolute atomic E-state index is 13.2. The summed E-state index contributed by atoms with van der Waals surface area (Å²) >= 11 is 1.57. The molecule has 38 heavy (non-hydrogen) atoms. The number of nitro benzene ring substituents is 1. The van der Waals surface area contributed by atoms with Crippen LogP contribution in [0.2, 0.25) is 0 Å². The third kappa shape index (κ3) is 5.56. The highest BCUT2D eigenvalue weighted by Crippen LogP contribution is 2.33. The second-order valence-electron chi connectivity index (χ2n) is 9.13. The summed E-state index contributed by atoms with van der Waals surface area (Å²) in [4.78, 5) is 17.8. The molecule has 5 rings (SSSR count). The molecular formula is C24H25F4N7O2S. The summed E-state index contributed by atoms with van der Waals surface area (Å²) in [5.74, 6) is 0.231. The number of nitro groups is 1. The van der Waals surface area contributed by atoms with E-state index in [9.17, 15) is 27.7 Å². The van der Waals surface area contributed by atoms with Gasteiger partial charge in [0.25, 0.3) is 18.5 Å². The van der Waals surface area contributed by atoms with Crippen molar-refractivity contribution in [2.24, 2.45) is 0 Å². The van der Waals surface area contributed by atoms with Crippen molar-refractivity contribution in [3.63, 3.8) is 0 Å². The maximum atomic E-state index is 13.2. The molecule has 0 saturated carbocycles. The van der Waals surface area contributed by atoms with Gasteiger partial charge in [0.05, 0.1) is 15.6 Å². The molecule has 0 amide bonds. The number of likely N-dealkylation sites (tertiary alicyclic amines) is 1. The van der Waals surface area contributed by atoms with Crippen molar-refractivity contribution in [1.82, 2.24) is 30.3 Å². The topological polar surface area (TPSA) is 101 Å². The Morgan fingerprint density at radius 2 is 1.87 bits per heavy atom. The average molecular weight is 552 g/mol. The first kappa shape index (κ1) is 26.3. The van der Waals surface area contributed by atoms with Crippen LogP contribution in [0.15, 0.2) is 35.8 Å². The number of piperidine rings is 1. The van der Waals surface area contributed by atoms with Crippen LogP contribution in [0.25, 0.3) is 6.20 Å². The summed E-state index contributed by atoms with van der Waals surface area (Å²) in [5.41, 5.74) is 1.24. The molecule has 4 heterocycles. The van der Waals surface area contributed by atoms with Crippen molar-refractivity contribution in [1.29, 1.82) is 0 Å². The minimum absolute atomic E-state index is 0.102. The van der Waals surface area contributed by atoms with E-state index >= 15 is 0 Å². The largest absolute Gasteiger partial charge is 0.376 e. The molecule has 0 bridgehead atoms. The Bertz CT molecular complexity index is 1320. The van der Waals surface area contributed by atoms with Gasteiger partial charge in [-0.2, -0.15) is 5.10 Å². The number of alkyl halides is 4. The number of hydrogen-bond acceptors (Lipinski definition) is 8. The smallest absolute Gasteiger partial charge is 0.282 e. The number of benzene rings is 1. The summed E-state index contributed by atoms with van der Waals surface area (Å²) < 4.78 is 53.0. The molecule has 14 heteroatoms. The van der Waals surface area contributed by atoms with Gasteiger partial charge in [-0.1, -0.05) is 12.1 Å². The number of rotatable bonds is 7. The van der Waals surface area contributed by atoms with Gasteiger partial charge in [-0.25, -0.2) is 27.2 Å². The van der Waals surface area contributed by atoms with Crippen molar-refractivity contribution in [3.8, 4) is 0 Å². The van der Waals surface area contributed by atoms with Gasteiger partial charge in [0, 0.05) is 61.5 Å². The Balaban J connectivity index is 1.19. The highest BCUT2D eigenvalue weighted by molar-refractivity contribution is 7.09. The zero-order valence-electron chi connectivity index (χ0n) is 20.1. The lowest BCUT2D eigenvalue weighted by atomic mass is 9.98. The van der Waals surface area contributed by atoms with Crippen molar-refractivity contribution < 1.29 is 22.5 Å². The molecular weight excluding hydrogens is 526 g/mol. The molecule has 0 spiro atoms. The Labute approximate surface area is 219 Å². The predicted octanol–water partition coefficient (Wildman–Crippen LogP) is 5.32. The normalized spacial score (nSPS) is 18.9. The van der Waals surface area contributed by atoms with E-state index in [1.165, 1.54) is 12.3 Å². The van der Waals surface area contributed by atoms with E-state index in [0.717, 1.165) is 39.9 Å². The van der Waals surface area contributed by atoms with Gasteiger partial charge in [0.2, 0.25) is 0 Å².